The number of alkyl halides is 3. The van der Waals surface area contributed by atoms with Gasteiger partial charge in [-0.3, -0.25) is 14.4 Å². The summed E-state index contributed by atoms with van der Waals surface area (Å²) in [5, 5.41) is 12.8. The van der Waals surface area contributed by atoms with Crippen molar-refractivity contribution < 1.29 is 27.9 Å². The predicted molar refractivity (Wildman–Crippen MR) is 176 cm³/mol. The zero-order chi connectivity index (χ0) is 35.4. The fourth-order valence-corrected chi connectivity index (χ4v) is 6.73. The Hall–Kier alpha value is -4.99. The molecule has 0 spiro atoms. The van der Waals surface area contributed by atoms with Crippen LogP contribution in [0.25, 0.3) is 11.2 Å². The summed E-state index contributed by atoms with van der Waals surface area (Å²) < 4.78 is 41.1. The monoisotopic (exact) mass is 699 g/mol. The lowest BCUT2D eigenvalue weighted by Crippen LogP contribution is -2.65. The quantitative estimate of drug-likeness (QED) is 0.290. The summed E-state index contributed by atoms with van der Waals surface area (Å²) in [5.74, 6) is -0.890. The average Bonchev–Trinajstić information content (AvgIpc) is 3.07. The lowest BCUT2D eigenvalue weighted by atomic mass is 9.89. The molecule has 3 aromatic heterocycles. The largest absolute Gasteiger partial charge is 0.504 e. The Balaban J connectivity index is 1.38. The Kier molecular flexibility index (Phi) is 8.85. The molecule has 258 valence electrons. The van der Waals surface area contributed by atoms with Crippen LogP contribution in [0, 0.1) is 6.92 Å². The molecule has 2 N–H and O–H groups in total. The van der Waals surface area contributed by atoms with Gasteiger partial charge in [-0.15, -0.1) is 0 Å². The predicted octanol–water partition coefficient (Wildman–Crippen LogP) is 4.03. The van der Waals surface area contributed by atoms with Crippen LogP contribution in [-0.2, 0) is 23.9 Å². The minimum absolute atomic E-state index is 0.00714. The van der Waals surface area contributed by atoms with Gasteiger partial charge < -0.3 is 29.7 Å². The third-order valence-corrected chi connectivity index (χ3v) is 9.29. The number of aromatic hydroxyl groups is 1. The van der Waals surface area contributed by atoms with Gasteiger partial charge in [-0.25, -0.2) is 19.9 Å². The highest BCUT2D eigenvalue weighted by Crippen LogP contribution is 2.37. The lowest BCUT2D eigenvalue weighted by Gasteiger charge is -2.52. The molecule has 7 rings (SSSR count). The molecule has 3 fully saturated rings. The number of hydrogen-bond acceptors (Lipinski definition) is 10. The third-order valence-electron chi connectivity index (χ3n) is 8.98. The Morgan fingerprint density at radius 3 is 2.49 bits per heavy atom. The van der Waals surface area contributed by atoms with Crippen molar-refractivity contribution in [2.45, 2.75) is 57.9 Å². The number of hydrogen-bond donors (Lipinski definition) is 2. The first kappa shape index (κ1) is 33.9. The van der Waals surface area contributed by atoms with Crippen molar-refractivity contribution in [1.29, 1.82) is 0 Å². The number of aromatic nitrogens is 5. The normalized spacial score (nSPS) is 17.5. The molecule has 3 aliphatic rings. The lowest BCUT2D eigenvalue weighted by molar-refractivity contribution is -0.137. The van der Waals surface area contributed by atoms with E-state index in [2.05, 4.69) is 25.3 Å². The number of aryl methyl sites for hydroxylation is 1. The summed E-state index contributed by atoms with van der Waals surface area (Å²) in [4.78, 5) is 63.8. The number of nitrogens with zero attached hydrogens (tertiary/aromatic N) is 8. The topological polar surface area (TPSA) is 150 Å². The molecule has 13 nitrogen and oxygen atoms in total. The van der Waals surface area contributed by atoms with E-state index in [0.717, 1.165) is 18.2 Å². The average molecular weight is 700 g/mol. The van der Waals surface area contributed by atoms with Crippen LogP contribution in [0.1, 0.15) is 47.2 Å². The van der Waals surface area contributed by atoms with Gasteiger partial charge in [0.05, 0.1) is 28.2 Å². The molecule has 0 radical (unpaired) electrons. The van der Waals surface area contributed by atoms with Crippen LogP contribution in [0.5, 0.6) is 5.75 Å². The van der Waals surface area contributed by atoms with Crippen LogP contribution in [0.4, 0.5) is 30.4 Å². The summed E-state index contributed by atoms with van der Waals surface area (Å²) in [5.41, 5.74) is -0.0865. The van der Waals surface area contributed by atoms with Crippen molar-refractivity contribution in [1.82, 2.24) is 29.4 Å². The molecule has 17 heteroatoms. The number of piperidine rings is 2. The van der Waals surface area contributed by atoms with Gasteiger partial charge in [-0.1, -0.05) is 18.5 Å². The van der Waals surface area contributed by atoms with Crippen LogP contribution >= 0.6 is 11.6 Å². The molecule has 4 aromatic rings. The number of nitrogens with one attached hydrogen (secondary N) is 1. The third kappa shape index (κ3) is 6.20. The van der Waals surface area contributed by atoms with E-state index in [1.54, 1.807) is 35.4 Å². The maximum absolute atomic E-state index is 14.3. The number of fused-ring (bicyclic) bond motifs is 4. The van der Waals surface area contributed by atoms with Crippen LogP contribution in [0.2, 0.25) is 5.02 Å². The van der Waals surface area contributed by atoms with Gasteiger partial charge in [-0.05, 0) is 44.4 Å². The second-order valence-electron chi connectivity index (χ2n) is 12.3. The van der Waals surface area contributed by atoms with Crippen LogP contribution in [0.3, 0.4) is 0 Å². The number of pyridine rings is 1. The van der Waals surface area contributed by atoms with E-state index >= 15 is 0 Å². The fraction of sp³-hybridized carbons (Fsp3) is 0.406. The molecule has 0 saturated carbocycles. The second-order valence-corrected chi connectivity index (χ2v) is 12.7. The first-order valence-corrected chi connectivity index (χ1v) is 15.9. The minimum Gasteiger partial charge on any atom is -0.504 e. The maximum atomic E-state index is 14.3. The van der Waals surface area contributed by atoms with Crippen molar-refractivity contribution in [2.75, 3.05) is 42.3 Å². The number of anilines is 3. The number of piperazine rings is 1. The first-order chi connectivity index (χ1) is 23.2. The molecule has 3 saturated heterocycles. The van der Waals surface area contributed by atoms with Gasteiger partial charge in [0.1, 0.15) is 24.4 Å². The second kappa shape index (κ2) is 12.8. The smallest absolute Gasteiger partial charge is 0.416 e. The van der Waals surface area contributed by atoms with Gasteiger partial charge in [0.2, 0.25) is 11.3 Å². The Labute approximate surface area is 283 Å². The molecular weight excluding hydrogens is 667 g/mol. The number of carbonyl (C=O) groups is 2. The maximum Gasteiger partial charge on any atom is 0.416 e. The van der Waals surface area contributed by atoms with E-state index in [1.165, 1.54) is 12.5 Å². The molecule has 1 aromatic carbocycles. The van der Waals surface area contributed by atoms with Crippen molar-refractivity contribution in [2.24, 2.45) is 0 Å². The zero-order valence-electron chi connectivity index (χ0n) is 27.0. The summed E-state index contributed by atoms with van der Waals surface area (Å²) in [7, 11) is 3.51. The van der Waals surface area contributed by atoms with Gasteiger partial charge >= 0.3 is 6.18 Å². The molecule has 2 amide bonds. The highest BCUT2D eigenvalue weighted by molar-refractivity contribution is 6.33. The number of benzene rings is 1. The number of carbonyl (C=O) groups excluding carboxylic acids is 2. The Bertz CT molecular complexity index is 2040. The molecule has 6 heterocycles. The highest BCUT2D eigenvalue weighted by Gasteiger charge is 2.44. The number of halogens is 4. The van der Waals surface area contributed by atoms with E-state index in [-0.39, 0.29) is 69.6 Å². The zero-order valence-corrected chi connectivity index (χ0v) is 27.8. The molecule has 2 atom stereocenters. The van der Waals surface area contributed by atoms with Crippen molar-refractivity contribution in [3.8, 4) is 5.75 Å². The van der Waals surface area contributed by atoms with Crippen molar-refractivity contribution >= 4 is 51.8 Å². The SMILES string of the molecule is CCc1c(N2C[C@@H]3CC[C@H]2CN3C(=O)c2ncnc(C)c2O)c(=O)c2nc(N(C)C)cnc2n1CC(=O)Nc1ccc(C(F)(F)F)cc1Cl. The Morgan fingerprint density at radius 2 is 1.86 bits per heavy atom. The van der Waals surface area contributed by atoms with Gasteiger partial charge in [-0.2, -0.15) is 13.2 Å². The van der Waals surface area contributed by atoms with E-state index in [4.69, 9.17) is 11.6 Å². The highest BCUT2D eigenvalue weighted by atomic mass is 35.5. The minimum atomic E-state index is -4.60. The first-order valence-electron chi connectivity index (χ1n) is 15.5. The van der Waals surface area contributed by atoms with Crippen molar-refractivity contribution in [3.05, 3.63) is 68.6 Å². The van der Waals surface area contributed by atoms with Crippen molar-refractivity contribution in [3.63, 3.8) is 0 Å². The molecule has 49 heavy (non-hydrogen) atoms. The summed E-state index contributed by atoms with van der Waals surface area (Å²) in [6.45, 7) is 3.65. The van der Waals surface area contributed by atoms with E-state index in [9.17, 15) is 32.7 Å². The summed E-state index contributed by atoms with van der Waals surface area (Å²) in [6, 6.07) is 2.08. The van der Waals surface area contributed by atoms with Crippen LogP contribution < -0.4 is 20.5 Å². The molecule has 0 aliphatic carbocycles. The standard InChI is InChI=1S/C32H33ClF3N9O4/c1-5-22-27(43-12-19-8-7-18(43)13-44(19)31(49)26-28(47)16(2)38-15-39-26)29(48)25-30(37-11-23(41-25)42(3)4)45(22)14-24(46)40-21-9-6-17(10-20(21)33)32(34,35)36/h6,9-11,15,18-19,47H,5,7-8,12-14H2,1-4H3,(H,40,46)/t18-,19-/m0/s1. The van der Waals surface area contributed by atoms with Gasteiger partial charge in [0, 0.05) is 45.0 Å². The Morgan fingerprint density at radius 1 is 1.12 bits per heavy atom. The van der Waals surface area contributed by atoms with E-state index in [0.29, 0.717) is 43.0 Å². The molecule has 2 bridgehead atoms. The molecule has 0 unspecified atom stereocenters. The van der Waals surface area contributed by atoms with Crippen LogP contribution in [-0.4, -0.2) is 85.6 Å². The number of rotatable bonds is 7. The number of amides is 2. The summed E-state index contributed by atoms with van der Waals surface area (Å²) >= 11 is 6.11. The fourth-order valence-electron chi connectivity index (χ4n) is 6.50. The summed E-state index contributed by atoms with van der Waals surface area (Å²) in [6.07, 6.45) is -0.226. The molecular formula is C32H33ClF3N9O4. The van der Waals surface area contributed by atoms with E-state index in [1.807, 2.05) is 11.8 Å². The van der Waals surface area contributed by atoms with Crippen LogP contribution in [0.15, 0.2) is 35.5 Å². The van der Waals surface area contributed by atoms with Gasteiger partial charge in [0.15, 0.2) is 22.6 Å². The van der Waals surface area contributed by atoms with Gasteiger partial charge in [0.25, 0.3) is 5.91 Å². The van der Waals surface area contributed by atoms with E-state index < -0.39 is 23.6 Å². The molecule has 3 aliphatic heterocycles.